The lowest BCUT2D eigenvalue weighted by Gasteiger charge is -2.34. The number of fused-ring (bicyclic) bond motifs is 2. The van der Waals surface area contributed by atoms with E-state index in [9.17, 15) is 8.42 Å². The molecule has 0 aliphatic carbocycles. The minimum absolute atomic E-state index is 0.000814. The summed E-state index contributed by atoms with van der Waals surface area (Å²) in [5, 5.41) is 12.6. The van der Waals surface area contributed by atoms with E-state index >= 15 is 0 Å². The number of hydrogen-bond donors (Lipinski definition) is 1. The van der Waals surface area contributed by atoms with Crippen molar-refractivity contribution < 1.29 is 8.42 Å². The Morgan fingerprint density at radius 1 is 1.38 bits per heavy atom. The highest BCUT2D eigenvalue weighted by Gasteiger charge is 2.39. The topological polar surface area (TPSA) is 86.1 Å². The molecule has 1 N–H and O–H groups in total. The third-order valence-corrected chi connectivity index (χ3v) is 6.44. The van der Waals surface area contributed by atoms with Crippen LogP contribution < -0.4 is 5.32 Å². The van der Waals surface area contributed by atoms with Gasteiger partial charge in [-0.2, -0.15) is 9.57 Å². The highest BCUT2D eigenvalue weighted by atomic mass is 32.2. The largest absolute Gasteiger partial charge is 0.311 e. The minimum Gasteiger partial charge on any atom is -0.311 e. The summed E-state index contributed by atoms with van der Waals surface area (Å²) in [5.41, 5.74) is -0.0405. The van der Waals surface area contributed by atoms with Gasteiger partial charge in [-0.15, -0.1) is 0 Å². The Balaban J connectivity index is 1.89. The Bertz CT molecular complexity index is 670. The average molecular weight is 306 g/mol. The van der Waals surface area contributed by atoms with Crippen LogP contribution in [0.5, 0.6) is 0 Å². The van der Waals surface area contributed by atoms with Gasteiger partial charge in [-0.05, 0) is 37.8 Å². The number of hydrogen-bond acceptors (Lipinski definition) is 5. The Hall–Kier alpha value is -1.49. The van der Waals surface area contributed by atoms with E-state index in [-0.39, 0.29) is 16.6 Å². The van der Waals surface area contributed by atoms with E-state index in [1.54, 1.807) is 13.1 Å². The molecule has 2 aliphatic heterocycles. The third kappa shape index (κ3) is 2.55. The summed E-state index contributed by atoms with van der Waals surface area (Å²) in [6, 6.07) is 5.67. The number of sulfonamides is 1. The SMILES string of the molecule is CN(C1CC2CCC(C1)N2)S(=O)(=O)c1cccnc1C#N. The van der Waals surface area contributed by atoms with Gasteiger partial charge in [-0.3, -0.25) is 0 Å². The van der Waals surface area contributed by atoms with Crippen molar-refractivity contribution in [3.05, 3.63) is 24.0 Å². The van der Waals surface area contributed by atoms with Gasteiger partial charge in [0, 0.05) is 31.4 Å². The maximum Gasteiger partial charge on any atom is 0.245 e. The first-order chi connectivity index (χ1) is 10.0. The number of aromatic nitrogens is 1. The van der Waals surface area contributed by atoms with Crippen LogP contribution in [-0.4, -0.2) is 42.9 Å². The van der Waals surface area contributed by atoms with Crippen LogP contribution in [-0.2, 0) is 10.0 Å². The highest BCUT2D eigenvalue weighted by Crippen LogP contribution is 2.31. The molecule has 0 saturated carbocycles. The molecule has 2 bridgehead atoms. The molecule has 1 aromatic rings. The minimum atomic E-state index is -3.68. The highest BCUT2D eigenvalue weighted by molar-refractivity contribution is 7.89. The second kappa shape index (κ2) is 5.37. The van der Waals surface area contributed by atoms with E-state index in [4.69, 9.17) is 5.26 Å². The molecule has 0 aromatic carbocycles. The number of pyridine rings is 1. The fraction of sp³-hybridized carbons (Fsp3) is 0.571. The fourth-order valence-electron chi connectivity index (χ4n) is 3.36. The number of rotatable bonds is 3. The van der Waals surface area contributed by atoms with E-state index in [0.29, 0.717) is 12.1 Å². The van der Waals surface area contributed by atoms with Gasteiger partial charge in [0.2, 0.25) is 10.0 Å². The maximum absolute atomic E-state index is 12.8. The Kier molecular flexibility index (Phi) is 3.69. The van der Waals surface area contributed by atoms with Gasteiger partial charge in [0.05, 0.1) is 0 Å². The standard InChI is InChI=1S/C14H18N4O2S/c1-18(12-7-10-4-5-11(8-12)17-10)21(19,20)14-3-2-6-16-13(14)9-15/h2-3,6,10-12,17H,4-5,7-8H2,1H3. The Labute approximate surface area is 124 Å². The quantitative estimate of drug-likeness (QED) is 0.895. The summed E-state index contributed by atoms with van der Waals surface area (Å²) >= 11 is 0. The molecule has 0 amide bonds. The molecule has 1 aromatic heterocycles. The first-order valence-electron chi connectivity index (χ1n) is 7.11. The molecular weight excluding hydrogens is 288 g/mol. The number of nitrogens with one attached hydrogen (secondary N) is 1. The smallest absolute Gasteiger partial charge is 0.245 e. The lowest BCUT2D eigenvalue weighted by Crippen LogP contribution is -2.48. The predicted octanol–water partition coefficient (Wildman–Crippen LogP) is 0.857. The fourth-order valence-corrected chi connectivity index (χ4v) is 4.83. The summed E-state index contributed by atoms with van der Waals surface area (Å²) in [7, 11) is -2.07. The molecular formula is C14H18N4O2S. The number of nitrogens with zero attached hydrogens (tertiary/aromatic N) is 3. The van der Waals surface area contributed by atoms with Crippen LogP contribution >= 0.6 is 0 Å². The van der Waals surface area contributed by atoms with Gasteiger partial charge in [-0.25, -0.2) is 13.4 Å². The zero-order valence-electron chi connectivity index (χ0n) is 11.9. The molecule has 7 heteroatoms. The van der Waals surface area contributed by atoms with Crippen molar-refractivity contribution >= 4 is 10.0 Å². The van der Waals surface area contributed by atoms with Crippen LogP contribution in [0.4, 0.5) is 0 Å². The summed E-state index contributed by atoms with van der Waals surface area (Å²) in [4.78, 5) is 3.85. The first-order valence-corrected chi connectivity index (χ1v) is 8.55. The van der Waals surface area contributed by atoms with Crippen LogP contribution in [0.3, 0.4) is 0 Å². The van der Waals surface area contributed by atoms with Gasteiger partial charge in [0.15, 0.2) is 5.69 Å². The summed E-state index contributed by atoms with van der Waals surface area (Å²) < 4.78 is 26.9. The Morgan fingerprint density at radius 3 is 2.67 bits per heavy atom. The van der Waals surface area contributed by atoms with Crippen molar-refractivity contribution in [2.24, 2.45) is 0 Å². The van der Waals surface area contributed by atoms with Crippen molar-refractivity contribution in [3.63, 3.8) is 0 Å². The normalized spacial score (nSPS) is 28.5. The lowest BCUT2D eigenvalue weighted by molar-refractivity contribution is 0.251. The van der Waals surface area contributed by atoms with E-state index in [0.717, 1.165) is 25.7 Å². The van der Waals surface area contributed by atoms with Gasteiger partial charge in [0.25, 0.3) is 0 Å². The van der Waals surface area contributed by atoms with Crippen molar-refractivity contribution in [1.29, 1.82) is 5.26 Å². The molecule has 2 unspecified atom stereocenters. The van der Waals surface area contributed by atoms with E-state index in [1.807, 2.05) is 6.07 Å². The molecule has 0 spiro atoms. The van der Waals surface area contributed by atoms with E-state index in [1.165, 1.54) is 16.6 Å². The first kappa shape index (κ1) is 14.4. The summed E-state index contributed by atoms with van der Waals surface area (Å²) in [5.74, 6) is 0. The van der Waals surface area contributed by atoms with Gasteiger partial charge < -0.3 is 5.32 Å². The van der Waals surface area contributed by atoms with Crippen molar-refractivity contribution in [2.75, 3.05) is 7.05 Å². The van der Waals surface area contributed by atoms with Crippen LogP contribution in [0.1, 0.15) is 31.4 Å². The Morgan fingerprint density at radius 2 is 2.05 bits per heavy atom. The second-order valence-corrected chi connectivity index (χ2v) is 7.71. The zero-order chi connectivity index (χ0) is 15.0. The van der Waals surface area contributed by atoms with Crippen LogP contribution in [0.25, 0.3) is 0 Å². The number of piperidine rings is 1. The van der Waals surface area contributed by atoms with Gasteiger partial charge >= 0.3 is 0 Å². The molecule has 6 nitrogen and oxygen atoms in total. The zero-order valence-corrected chi connectivity index (χ0v) is 12.7. The van der Waals surface area contributed by atoms with Crippen molar-refractivity contribution in [2.45, 2.75) is 48.7 Å². The lowest BCUT2D eigenvalue weighted by atomic mass is 10.0. The predicted molar refractivity (Wildman–Crippen MR) is 76.9 cm³/mol. The van der Waals surface area contributed by atoms with E-state index in [2.05, 4.69) is 10.3 Å². The summed E-state index contributed by atoms with van der Waals surface area (Å²) in [6.07, 6.45) is 5.32. The van der Waals surface area contributed by atoms with Gasteiger partial charge in [0.1, 0.15) is 11.0 Å². The van der Waals surface area contributed by atoms with Crippen molar-refractivity contribution in [3.8, 4) is 6.07 Å². The molecule has 2 saturated heterocycles. The monoisotopic (exact) mass is 306 g/mol. The van der Waals surface area contributed by atoms with Crippen LogP contribution in [0.2, 0.25) is 0 Å². The molecule has 2 aliphatic rings. The molecule has 2 atom stereocenters. The van der Waals surface area contributed by atoms with Crippen molar-refractivity contribution in [1.82, 2.24) is 14.6 Å². The van der Waals surface area contributed by atoms with E-state index < -0.39 is 10.0 Å². The molecule has 21 heavy (non-hydrogen) atoms. The van der Waals surface area contributed by atoms with Crippen LogP contribution in [0, 0.1) is 11.3 Å². The van der Waals surface area contributed by atoms with Gasteiger partial charge in [-0.1, -0.05) is 0 Å². The molecule has 112 valence electrons. The molecule has 0 radical (unpaired) electrons. The maximum atomic E-state index is 12.8. The van der Waals surface area contributed by atoms with Crippen LogP contribution in [0.15, 0.2) is 23.2 Å². The summed E-state index contributed by atoms with van der Waals surface area (Å²) in [6.45, 7) is 0. The average Bonchev–Trinajstić information content (AvgIpc) is 2.84. The molecule has 3 heterocycles. The second-order valence-electron chi connectivity index (χ2n) is 5.75. The third-order valence-electron chi connectivity index (χ3n) is 4.50. The number of nitriles is 1. The molecule has 2 fully saturated rings. The molecule has 3 rings (SSSR count).